The van der Waals surface area contributed by atoms with Crippen molar-refractivity contribution in [2.24, 2.45) is 0 Å². The third-order valence-corrected chi connectivity index (χ3v) is 10.7. The molecule has 0 aliphatic heterocycles. The van der Waals surface area contributed by atoms with Crippen LogP contribution in [0.25, 0.3) is 43.1 Å². The van der Waals surface area contributed by atoms with Crippen LogP contribution in [0.5, 0.6) is 0 Å². The molecule has 0 saturated heterocycles. The highest BCUT2D eigenvalue weighted by Crippen LogP contribution is 2.51. The van der Waals surface area contributed by atoms with Gasteiger partial charge < -0.3 is 4.90 Å². The maximum atomic E-state index is 2.52. The molecule has 45 heavy (non-hydrogen) atoms. The predicted molar refractivity (Wildman–Crippen MR) is 193 cm³/mol. The van der Waals surface area contributed by atoms with Crippen molar-refractivity contribution in [3.63, 3.8) is 0 Å². The summed E-state index contributed by atoms with van der Waals surface area (Å²) in [5.41, 5.74) is 12.7. The lowest BCUT2D eigenvalue weighted by molar-refractivity contribution is 0.716. The molecule has 1 unspecified atom stereocenters. The summed E-state index contributed by atoms with van der Waals surface area (Å²) < 4.78 is 2.67. The van der Waals surface area contributed by atoms with E-state index in [0.717, 1.165) is 5.69 Å². The molecule has 2 atom stereocenters. The van der Waals surface area contributed by atoms with Crippen molar-refractivity contribution in [3.8, 4) is 11.1 Å². The van der Waals surface area contributed by atoms with E-state index in [0.29, 0.717) is 5.92 Å². The SMILES string of the molecule is Cc1cccc(N(C2=C[C@H]3c4ccccc4C=CC3c3ccccc32)c2cccc(-c3cccc4c3sc3ccccc34)c2)c1. The van der Waals surface area contributed by atoms with Crippen molar-refractivity contribution in [2.45, 2.75) is 18.8 Å². The van der Waals surface area contributed by atoms with Gasteiger partial charge in [-0.1, -0.05) is 127 Å². The molecular formula is C43H31NS. The number of rotatable bonds is 4. The van der Waals surface area contributed by atoms with E-state index in [2.05, 4.69) is 170 Å². The van der Waals surface area contributed by atoms with Crippen molar-refractivity contribution < 1.29 is 0 Å². The summed E-state index contributed by atoms with van der Waals surface area (Å²) in [6, 6.07) is 51.4. The van der Waals surface area contributed by atoms with Gasteiger partial charge in [0.15, 0.2) is 0 Å². The van der Waals surface area contributed by atoms with E-state index < -0.39 is 0 Å². The number of aryl methyl sites for hydroxylation is 1. The Hall–Kier alpha value is -5.18. The predicted octanol–water partition coefficient (Wildman–Crippen LogP) is 12.1. The first kappa shape index (κ1) is 26.2. The number of benzene rings is 6. The van der Waals surface area contributed by atoms with Crippen LogP contribution in [0.15, 0.2) is 152 Å². The van der Waals surface area contributed by atoms with Gasteiger partial charge in [-0.2, -0.15) is 0 Å². The summed E-state index contributed by atoms with van der Waals surface area (Å²) in [5.74, 6) is 0.579. The standard InChI is InChI=1S/C43H31NS/c1-28-11-8-14-31(25-28)44(41-27-40-33-16-3-2-12-29(33)23-24-36(40)35-17-4-5-18-37(35)41)32-15-9-13-30(26-32)34-20-10-21-39-38-19-6-7-22-42(38)45-43(34)39/h2-27,36,40H,1H3/t36?,40-/m0/s1. The Labute approximate surface area is 268 Å². The fourth-order valence-electron chi connectivity index (χ4n) is 7.43. The minimum atomic E-state index is 0.263. The molecule has 7 aromatic rings. The highest BCUT2D eigenvalue weighted by molar-refractivity contribution is 7.26. The van der Waals surface area contributed by atoms with E-state index in [-0.39, 0.29) is 5.92 Å². The minimum absolute atomic E-state index is 0.263. The first-order chi connectivity index (χ1) is 22.2. The normalized spacial score (nSPS) is 16.6. The molecule has 0 amide bonds. The van der Waals surface area contributed by atoms with Gasteiger partial charge in [0.05, 0.1) is 5.70 Å². The Balaban J connectivity index is 1.26. The minimum Gasteiger partial charge on any atom is -0.310 e. The fourth-order valence-corrected chi connectivity index (χ4v) is 8.67. The van der Waals surface area contributed by atoms with Gasteiger partial charge in [0.1, 0.15) is 0 Å². The van der Waals surface area contributed by atoms with E-state index in [1.165, 1.54) is 70.5 Å². The molecule has 0 fully saturated rings. The number of fused-ring (bicyclic) bond motifs is 8. The molecule has 214 valence electrons. The van der Waals surface area contributed by atoms with Gasteiger partial charge in [0, 0.05) is 48.9 Å². The highest BCUT2D eigenvalue weighted by Gasteiger charge is 2.34. The van der Waals surface area contributed by atoms with Crippen LogP contribution in [0, 0.1) is 6.92 Å². The van der Waals surface area contributed by atoms with Crippen LogP contribution in [-0.4, -0.2) is 0 Å². The zero-order valence-corrected chi connectivity index (χ0v) is 25.8. The second kappa shape index (κ2) is 10.5. The molecule has 2 heteroatoms. The van der Waals surface area contributed by atoms with E-state index in [1.54, 1.807) is 0 Å². The monoisotopic (exact) mass is 593 g/mol. The molecule has 1 heterocycles. The van der Waals surface area contributed by atoms with E-state index in [4.69, 9.17) is 0 Å². The first-order valence-corrected chi connectivity index (χ1v) is 16.5. The molecule has 2 aliphatic rings. The Kier molecular flexibility index (Phi) is 6.11. The van der Waals surface area contributed by atoms with Crippen LogP contribution in [-0.2, 0) is 0 Å². The summed E-state index contributed by atoms with van der Waals surface area (Å²) in [5, 5.41) is 2.66. The van der Waals surface area contributed by atoms with E-state index in [1.807, 2.05) is 11.3 Å². The van der Waals surface area contributed by atoms with Crippen LogP contribution in [0.4, 0.5) is 11.4 Å². The molecule has 0 spiro atoms. The van der Waals surface area contributed by atoms with Crippen LogP contribution in [0.1, 0.15) is 39.7 Å². The van der Waals surface area contributed by atoms with Gasteiger partial charge >= 0.3 is 0 Å². The molecule has 2 aliphatic carbocycles. The average Bonchev–Trinajstić information content (AvgIpc) is 3.48. The topological polar surface area (TPSA) is 3.24 Å². The first-order valence-electron chi connectivity index (χ1n) is 15.7. The molecule has 0 radical (unpaired) electrons. The Bertz CT molecular complexity index is 2320. The number of thiophene rings is 1. The molecule has 9 rings (SSSR count). The lowest BCUT2D eigenvalue weighted by Gasteiger charge is -2.38. The molecule has 0 bridgehead atoms. The number of hydrogen-bond acceptors (Lipinski definition) is 2. The zero-order chi connectivity index (χ0) is 29.9. The number of anilines is 2. The van der Waals surface area contributed by atoms with Gasteiger partial charge in [-0.25, -0.2) is 0 Å². The molecule has 0 saturated carbocycles. The Morgan fingerprint density at radius 3 is 2.20 bits per heavy atom. The van der Waals surface area contributed by atoms with Crippen LogP contribution >= 0.6 is 11.3 Å². The van der Waals surface area contributed by atoms with Crippen molar-refractivity contribution in [1.29, 1.82) is 0 Å². The molecule has 0 N–H and O–H groups in total. The second-order valence-electron chi connectivity index (χ2n) is 12.2. The molecule has 1 aromatic heterocycles. The third-order valence-electron chi connectivity index (χ3n) is 9.48. The number of nitrogens with zero attached hydrogens (tertiary/aromatic N) is 1. The second-order valence-corrected chi connectivity index (χ2v) is 13.2. The van der Waals surface area contributed by atoms with Crippen LogP contribution in [0.2, 0.25) is 0 Å². The van der Waals surface area contributed by atoms with Crippen LogP contribution in [0.3, 0.4) is 0 Å². The lowest BCUT2D eigenvalue weighted by atomic mass is 9.71. The van der Waals surface area contributed by atoms with Gasteiger partial charge in [-0.05, 0) is 70.6 Å². The largest absolute Gasteiger partial charge is 0.310 e. The van der Waals surface area contributed by atoms with Crippen molar-refractivity contribution >= 4 is 54.7 Å². The summed E-state index contributed by atoms with van der Waals surface area (Å²) >= 11 is 1.89. The number of allylic oxidation sites excluding steroid dienone is 2. The van der Waals surface area contributed by atoms with Gasteiger partial charge in [0.2, 0.25) is 0 Å². The Morgan fingerprint density at radius 1 is 0.578 bits per heavy atom. The molecular weight excluding hydrogens is 563 g/mol. The van der Waals surface area contributed by atoms with E-state index in [9.17, 15) is 0 Å². The average molecular weight is 594 g/mol. The van der Waals surface area contributed by atoms with Gasteiger partial charge in [0.25, 0.3) is 0 Å². The van der Waals surface area contributed by atoms with Gasteiger partial charge in [-0.15, -0.1) is 11.3 Å². The summed E-state index contributed by atoms with van der Waals surface area (Å²) in [6.45, 7) is 2.18. The summed E-state index contributed by atoms with van der Waals surface area (Å²) in [7, 11) is 0. The van der Waals surface area contributed by atoms with Crippen molar-refractivity contribution in [3.05, 3.63) is 179 Å². The maximum Gasteiger partial charge on any atom is 0.0503 e. The smallest absolute Gasteiger partial charge is 0.0503 e. The fraction of sp³-hybridized carbons (Fsp3) is 0.0698. The van der Waals surface area contributed by atoms with Crippen molar-refractivity contribution in [1.82, 2.24) is 0 Å². The summed E-state index contributed by atoms with van der Waals surface area (Å²) in [4.78, 5) is 2.48. The number of hydrogen-bond donors (Lipinski definition) is 0. The molecule has 6 aromatic carbocycles. The van der Waals surface area contributed by atoms with Gasteiger partial charge in [-0.3, -0.25) is 0 Å². The Morgan fingerprint density at radius 2 is 1.29 bits per heavy atom. The third kappa shape index (κ3) is 4.29. The van der Waals surface area contributed by atoms with E-state index >= 15 is 0 Å². The zero-order valence-electron chi connectivity index (χ0n) is 25.0. The molecule has 1 nitrogen and oxygen atoms in total. The van der Waals surface area contributed by atoms with Crippen LogP contribution < -0.4 is 4.90 Å². The highest BCUT2D eigenvalue weighted by atomic mass is 32.1. The maximum absolute atomic E-state index is 2.52. The quantitative estimate of drug-likeness (QED) is 0.196. The van der Waals surface area contributed by atoms with Crippen molar-refractivity contribution in [2.75, 3.05) is 4.90 Å². The lowest BCUT2D eigenvalue weighted by Crippen LogP contribution is -2.24. The summed E-state index contributed by atoms with van der Waals surface area (Å²) in [6.07, 6.45) is 7.24.